The molecule has 6 amide bonds. The van der Waals surface area contributed by atoms with Crippen LogP contribution in [0.4, 0.5) is 0 Å². The van der Waals surface area contributed by atoms with Crippen molar-refractivity contribution in [2.24, 2.45) is 4.99 Å². The van der Waals surface area contributed by atoms with Crippen molar-refractivity contribution in [1.29, 1.82) is 0 Å². The Morgan fingerprint density at radius 3 is 1.61 bits per heavy atom. The summed E-state index contributed by atoms with van der Waals surface area (Å²) in [6, 6.07) is -4.37. The first-order valence-electron chi connectivity index (χ1n) is 16.0. The van der Waals surface area contributed by atoms with Crippen LogP contribution in [0.5, 0.6) is 0 Å². The van der Waals surface area contributed by atoms with Crippen LogP contribution in [0.25, 0.3) is 0 Å². The summed E-state index contributed by atoms with van der Waals surface area (Å²) in [5.74, 6) is -5.72. The Labute approximate surface area is 304 Å². The van der Waals surface area contributed by atoms with Gasteiger partial charge in [-0.3, -0.25) is 28.8 Å². The van der Waals surface area contributed by atoms with E-state index >= 15 is 0 Å². The van der Waals surface area contributed by atoms with E-state index in [1.54, 1.807) is 0 Å². The third kappa shape index (κ3) is 18.7. The van der Waals surface area contributed by atoms with Crippen molar-refractivity contribution in [1.82, 2.24) is 41.8 Å². The van der Waals surface area contributed by atoms with E-state index in [-0.39, 0.29) is 75.2 Å². The molecule has 0 radical (unpaired) electrons. The Bertz CT molecular complexity index is 1180. The summed E-state index contributed by atoms with van der Waals surface area (Å²) in [4.78, 5) is 81.9. The molecule has 0 bridgehead atoms. The predicted molar refractivity (Wildman–Crippen MR) is 170 cm³/mol. The van der Waals surface area contributed by atoms with Gasteiger partial charge in [-0.05, 0) is 59.3 Å². The summed E-state index contributed by atoms with van der Waals surface area (Å²) in [5.41, 5.74) is -0.433. The van der Waals surface area contributed by atoms with Crippen molar-refractivity contribution in [2.45, 2.75) is 96.1 Å². The van der Waals surface area contributed by atoms with Crippen molar-refractivity contribution in [3.05, 3.63) is 0 Å². The molecular weight excluding hydrogens is 726 g/mol. The van der Waals surface area contributed by atoms with Gasteiger partial charge in [0.25, 0.3) is 11.8 Å². The number of hydrogen-bond donors (Lipinski definition) is 12. The van der Waals surface area contributed by atoms with Gasteiger partial charge in [0.05, 0.1) is 19.7 Å². The number of carbonyl (C=O) groups excluding carboxylic acids is 6. The molecule has 51 heavy (non-hydrogen) atoms. The van der Waals surface area contributed by atoms with E-state index in [1.165, 1.54) is 20.8 Å². The molecule has 0 saturated carbocycles. The van der Waals surface area contributed by atoms with Crippen LogP contribution in [0.15, 0.2) is 4.99 Å². The SMILES string of the molecule is CC(O)N(O)CCCC1=NC(=O)C(CCCN(O)C(C)O)NC(=O)C(CCCN(O)C(C)O)NC(=O)CNC(=O)C(CO)NC(=O)CNC1=O.[Fe]. The Kier molecular flexibility index (Phi) is 23.3. The topological polar surface area (TPSA) is 326 Å². The molecule has 23 heteroatoms. The van der Waals surface area contributed by atoms with Crippen LogP contribution < -0.4 is 26.6 Å². The van der Waals surface area contributed by atoms with Crippen LogP contribution in [-0.2, 0) is 45.8 Å². The van der Waals surface area contributed by atoms with Crippen molar-refractivity contribution in [3.8, 4) is 0 Å². The Hall–Kier alpha value is -3.19. The van der Waals surface area contributed by atoms with Gasteiger partial charge in [0.1, 0.15) is 42.5 Å². The Morgan fingerprint density at radius 2 is 1.12 bits per heavy atom. The maximum absolute atomic E-state index is 13.5. The van der Waals surface area contributed by atoms with E-state index in [0.717, 1.165) is 0 Å². The normalized spacial score (nSPS) is 22.1. The molecule has 0 aliphatic carbocycles. The largest absolute Gasteiger partial charge is 0.394 e. The summed E-state index contributed by atoms with van der Waals surface area (Å²) in [7, 11) is 0. The number of aliphatic hydroxyl groups excluding tert-OH is 4. The molecule has 1 aliphatic heterocycles. The number of aliphatic imine (C=N–C) groups is 1. The Balaban J connectivity index is 0.0000250. The van der Waals surface area contributed by atoms with Gasteiger partial charge < -0.3 is 62.6 Å². The van der Waals surface area contributed by atoms with Crippen molar-refractivity contribution in [2.75, 3.05) is 39.3 Å². The number of hydroxylamine groups is 6. The smallest absolute Gasteiger partial charge is 0.268 e. The van der Waals surface area contributed by atoms with Crippen molar-refractivity contribution < 1.29 is 81.9 Å². The van der Waals surface area contributed by atoms with Crippen LogP contribution in [0.2, 0.25) is 0 Å². The van der Waals surface area contributed by atoms with Crippen molar-refractivity contribution in [3.63, 3.8) is 0 Å². The van der Waals surface area contributed by atoms with E-state index in [9.17, 15) is 64.8 Å². The summed E-state index contributed by atoms with van der Waals surface area (Å²) in [5, 5.41) is 81.0. The average Bonchev–Trinajstić information content (AvgIpc) is 3.05. The third-order valence-electron chi connectivity index (χ3n) is 7.30. The number of aliphatic hydroxyl groups is 4. The fourth-order valence-electron chi connectivity index (χ4n) is 4.35. The number of rotatable bonds is 16. The van der Waals surface area contributed by atoms with Gasteiger partial charge in [-0.1, -0.05) is 0 Å². The van der Waals surface area contributed by atoms with Crippen LogP contribution in [0.3, 0.4) is 0 Å². The first-order valence-corrected chi connectivity index (χ1v) is 16.0. The van der Waals surface area contributed by atoms with Crippen molar-refractivity contribution >= 4 is 41.2 Å². The summed E-state index contributed by atoms with van der Waals surface area (Å²) < 4.78 is 0. The maximum Gasteiger partial charge on any atom is 0.268 e. The summed E-state index contributed by atoms with van der Waals surface area (Å²) >= 11 is 0. The molecule has 294 valence electrons. The van der Waals surface area contributed by atoms with Gasteiger partial charge in [0.15, 0.2) is 0 Å². The van der Waals surface area contributed by atoms with Crippen LogP contribution in [0.1, 0.15) is 59.3 Å². The molecule has 0 aromatic carbocycles. The first-order chi connectivity index (χ1) is 23.5. The molecule has 0 aromatic rings. The van der Waals surface area contributed by atoms with Gasteiger partial charge in [-0.25, -0.2) is 4.99 Å². The second-order valence-electron chi connectivity index (χ2n) is 11.6. The summed E-state index contributed by atoms with van der Waals surface area (Å²) in [6.07, 6.45) is -4.34. The molecule has 0 saturated heterocycles. The zero-order valence-electron chi connectivity index (χ0n) is 28.7. The molecule has 1 aliphatic rings. The molecule has 0 aromatic heterocycles. The van der Waals surface area contributed by atoms with E-state index in [4.69, 9.17) is 0 Å². The van der Waals surface area contributed by atoms with Crippen LogP contribution >= 0.6 is 0 Å². The molecule has 6 atom stereocenters. The molecule has 0 fully saturated rings. The second-order valence-corrected chi connectivity index (χ2v) is 11.6. The van der Waals surface area contributed by atoms with E-state index in [1.807, 2.05) is 0 Å². The molecular formula is C28H51FeN9O13. The third-order valence-corrected chi connectivity index (χ3v) is 7.30. The number of amides is 6. The molecule has 1 heterocycles. The fourth-order valence-corrected chi connectivity index (χ4v) is 4.35. The molecule has 6 unspecified atom stereocenters. The second kappa shape index (κ2) is 24.9. The molecule has 12 N–H and O–H groups in total. The molecule has 22 nitrogen and oxygen atoms in total. The Morgan fingerprint density at radius 1 is 0.667 bits per heavy atom. The van der Waals surface area contributed by atoms with Crippen LogP contribution in [0, 0.1) is 0 Å². The minimum absolute atomic E-state index is 0. The fraction of sp³-hybridized carbons (Fsp3) is 0.750. The molecule has 1 rings (SSSR count). The number of hydrogen-bond acceptors (Lipinski definition) is 16. The average molecular weight is 778 g/mol. The quantitative estimate of drug-likeness (QED) is 0.0397. The first kappa shape index (κ1) is 47.8. The minimum atomic E-state index is -1.53. The monoisotopic (exact) mass is 777 g/mol. The van der Waals surface area contributed by atoms with Gasteiger partial charge in [0.2, 0.25) is 23.6 Å². The summed E-state index contributed by atoms with van der Waals surface area (Å²) in [6.45, 7) is 1.08. The number of nitrogens with zero attached hydrogens (tertiary/aromatic N) is 4. The van der Waals surface area contributed by atoms with E-state index in [0.29, 0.717) is 15.2 Å². The van der Waals surface area contributed by atoms with E-state index in [2.05, 4.69) is 31.6 Å². The minimum Gasteiger partial charge on any atom is -0.394 e. The maximum atomic E-state index is 13.5. The van der Waals surface area contributed by atoms with E-state index < -0.39 is 97.7 Å². The van der Waals surface area contributed by atoms with Gasteiger partial charge in [0, 0.05) is 36.7 Å². The zero-order valence-corrected chi connectivity index (χ0v) is 29.8. The number of nitrogens with one attached hydrogen (secondary N) is 5. The standard InChI is InChI=1S/C28H51N9O13.Fe/c1-16(39)35(48)10-4-7-19-25(44)29-14-24(43)32-22(15-38)26(45)30-13-23(42)31-20(8-5-11-36(49)17(2)40)27(46)34-21(28(47)33-19)9-6-12-37(50)18(3)41;/h16-18,20-22,38-41,48-50H,4-15H2,1-3H3,(H,29,44)(H,30,45)(H,31,42)(H,32,43)(H,34,46);. The predicted octanol–water partition coefficient (Wildman–Crippen LogP) is -4.93. The van der Waals surface area contributed by atoms with Gasteiger partial charge in [-0.2, -0.15) is 15.2 Å². The van der Waals surface area contributed by atoms with Gasteiger partial charge in [-0.15, -0.1) is 0 Å². The molecule has 0 spiro atoms. The zero-order chi connectivity index (χ0) is 38.0. The van der Waals surface area contributed by atoms with Crippen LogP contribution in [-0.4, -0.2) is 169 Å². The number of carbonyl (C=O) groups is 6. The van der Waals surface area contributed by atoms with Gasteiger partial charge >= 0.3 is 0 Å².